The predicted octanol–water partition coefficient (Wildman–Crippen LogP) is 4.73. The molecule has 6 heteroatoms. The maximum absolute atomic E-state index is 12.8. The summed E-state index contributed by atoms with van der Waals surface area (Å²) in [6, 6.07) is 13.8. The minimum absolute atomic E-state index is 0.0330. The van der Waals surface area contributed by atoms with Gasteiger partial charge >= 0.3 is 0 Å². The van der Waals surface area contributed by atoms with E-state index < -0.39 is 0 Å². The smallest absolute Gasteiger partial charge is 0.246 e. The molecule has 1 atom stereocenters. The molecule has 0 aliphatic carbocycles. The van der Waals surface area contributed by atoms with Crippen LogP contribution in [0.4, 0.5) is 0 Å². The third kappa shape index (κ3) is 4.27. The first-order valence-electron chi connectivity index (χ1n) is 9.72. The van der Waals surface area contributed by atoms with Crippen LogP contribution in [0.5, 0.6) is 11.5 Å². The van der Waals surface area contributed by atoms with Gasteiger partial charge in [0.25, 0.3) is 0 Å². The van der Waals surface area contributed by atoms with E-state index in [-0.39, 0.29) is 5.91 Å². The molecule has 1 amide bonds. The lowest BCUT2D eigenvalue weighted by Crippen LogP contribution is -2.38. The molecule has 29 heavy (non-hydrogen) atoms. The van der Waals surface area contributed by atoms with Crippen molar-refractivity contribution in [1.29, 1.82) is 0 Å². The van der Waals surface area contributed by atoms with Gasteiger partial charge in [-0.3, -0.25) is 4.79 Å². The van der Waals surface area contributed by atoms with Crippen LogP contribution in [0, 0.1) is 0 Å². The lowest BCUT2D eigenvalue weighted by Gasteiger charge is -2.31. The lowest BCUT2D eigenvalue weighted by atomic mass is 9.98. The van der Waals surface area contributed by atoms with Crippen LogP contribution in [-0.2, 0) is 4.79 Å². The van der Waals surface area contributed by atoms with Gasteiger partial charge in [-0.1, -0.05) is 18.2 Å². The van der Waals surface area contributed by atoms with E-state index in [1.165, 1.54) is 4.70 Å². The molecule has 3 aromatic rings. The second kappa shape index (κ2) is 8.66. The zero-order valence-corrected chi connectivity index (χ0v) is 17.4. The summed E-state index contributed by atoms with van der Waals surface area (Å²) in [4.78, 5) is 19.5. The molecule has 1 saturated heterocycles. The summed E-state index contributed by atoms with van der Waals surface area (Å²) in [6.45, 7) is 1.51. The SMILES string of the molecule is COc1ccc(/C=C/C(=O)N2CCC[C@H](c3nc4ccccc4s3)C2)cc1OC. The van der Waals surface area contributed by atoms with Crippen molar-refractivity contribution in [3.05, 3.63) is 59.1 Å². The van der Waals surface area contributed by atoms with Crippen LogP contribution in [0.15, 0.2) is 48.5 Å². The van der Waals surface area contributed by atoms with Crippen molar-refractivity contribution in [3.63, 3.8) is 0 Å². The molecule has 1 aliphatic heterocycles. The number of carbonyl (C=O) groups is 1. The standard InChI is InChI=1S/C23H24N2O3S/c1-27-19-11-9-16(14-20(19)28-2)10-12-22(26)25-13-5-6-17(15-25)23-24-18-7-3-4-8-21(18)29-23/h3-4,7-12,14,17H,5-6,13,15H2,1-2H3/b12-10+/t17-/m0/s1. The average Bonchev–Trinajstić information content (AvgIpc) is 3.21. The predicted molar refractivity (Wildman–Crippen MR) is 117 cm³/mol. The summed E-state index contributed by atoms with van der Waals surface area (Å²) >= 11 is 1.74. The molecule has 1 fully saturated rings. The van der Waals surface area contributed by atoms with Gasteiger partial charge in [-0.15, -0.1) is 11.3 Å². The Hall–Kier alpha value is -2.86. The van der Waals surface area contributed by atoms with Gasteiger partial charge in [0.1, 0.15) is 0 Å². The highest BCUT2D eigenvalue weighted by Crippen LogP contribution is 2.33. The topological polar surface area (TPSA) is 51.7 Å². The van der Waals surface area contributed by atoms with Gasteiger partial charge in [0.05, 0.1) is 29.4 Å². The van der Waals surface area contributed by atoms with E-state index in [2.05, 4.69) is 6.07 Å². The number of hydrogen-bond donors (Lipinski definition) is 0. The third-order valence-electron chi connectivity index (χ3n) is 5.22. The molecular formula is C23H24N2O3S. The number of rotatable bonds is 5. The van der Waals surface area contributed by atoms with E-state index in [4.69, 9.17) is 14.5 Å². The van der Waals surface area contributed by atoms with Crippen molar-refractivity contribution in [2.75, 3.05) is 27.3 Å². The Morgan fingerprint density at radius 3 is 2.79 bits per heavy atom. The first kappa shape index (κ1) is 19.5. The quantitative estimate of drug-likeness (QED) is 0.573. The number of likely N-dealkylation sites (tertiary alicyclic amines) is 1. The van der Waals surface area contributed by atoms with E-state index in [0.29, 0.717) is 17.4 Å². The summed E-state index contributed by atoms with van der Waals surface area (Å²) < 4.78 is 11.8. The molecule has 2 aromatic carbocycles. The van der Waals surface area contributed by atoms with E-state index in [1.807, 2.05) is 47.4 Å². The maximum Gasteiger partial charge on any atom is 0.246 e. The van der Waals surface area contributed by atoms with Crippen molar-refractivity contribution in [2.45, 2.75) is 18.8 Å². The molecule has 4 rings (SSSR count). The number of fused-ring (bicyclic) bond motifs is 1. The third-order valence-corrected chi connectivity index (χ3v) is 6.42. The lowest BCUT2D eigenvalue weighted by molar-refractivity contribution is -0.127. The molecule has 1 aliphatic rings. The van der Waals surface area contributed by atoms with Crippen LogP contribution >= 0.6 is 11.3 Å². The largest absolute Gasteiger partial charge is 0.493 e. The Morgan fingerprint density at radius 1 is 1.17 bits per heavy atom. The van der Waals surface area contributed by atoms with Crippen molar-refractivity contribution >= 4 is 33.5 Å². The van der Waals surface area contributed by atoms with Gasteiger partial charge in [0.15, 0.2) is 11.5 Å². The van der Waals surface area contributed by atoms with Crippen molar-refractivity contribution in [1.82, 2.24) is 9.88 Å². The highest BCUT2D eigenvalue weighted by molar-refractivity contribution is 7.18. The van der Waals surface area contributed by atoms with E-state index in [9.17, 15) is 4.79 Å². The molecule has 150 valence electrons. The monoisotopic (exact) mass is 408 g/mol. The van der Waals surface area contributed by atoms with Crippen molar-refractivity contribution in [2.24, 2.45) is 0 Å². The number of carbonyl (C=O) groups excluding carboxylic acids is 1. The Kier molecular flexibility index (Phi) is 5.81. The van der Waals surface area contributed by atoms with Gasteiger partial charge in [0.2, 0.25) is 5.91 Å². The van der Waals surface area contributed by atoms with E-state index >= 15 is 0 Å². The van der Waals surface area contributed by atoms with Crippen LogP contribution in [0.3, 0.4) is 0 Å². The number of thiazole rings is 1. The summed E-state index contributed by atoms with van der Waals surface area (Å²) in [5, 5.41) is 1.13. The molecule has 1 aromatic heterocycles. The minimum atomic E-state index is 0.0330. The Balaban J connectivity index is 1.45. The van der Waals surface area contributed by atoms with Crippen LogP contribution in [0.1, 0.15) is 29.3 Å². The van der Waals surface area contributed by atoms with Crippen LogP contribution in [0.2, 0.25) is 0 Å². The number of aromatic nitrogens is 1. The van der Waals surface area contributed by atoms with Gasteiger partial charge in [-0.2, -0.15) is 0 Å². The zero-order valence-electron chi connectivity index (χ0n) is 16.6. The fourth-order valence-electron chi connectivity index (χ4n) is 3.67. The number of hydrogen-bond acceptors (Lipinski definition) is 5. The Bertz CT molecular complexity index is 1010. The van der Waals surface area contributed by atoms with Crippen molar-refractivity contribution in [3.8, 4) is 11.5 Å². The van der Waals surface area contributed by atoms with E-state index in [0.717, 1.165) is 42.0 Å². The van der Waals surface area contributed by atoms with Gasteiger partial charge < -0.3 is 14.4 Å². The number of piperidine rings is 1. The molecule has 0 saturated carbocycles. The average molecular weight is 409 g/mol. The second-order valence-corrected chi connectivity index (χ2v) is 8.15. The molecule has 5 nitrogen and oxygen atoms in total. The highest BCUT2D eigenvalue weighted by atomic mass is 32.1. The first-order valence-corrected chi connectivity index (χ1v) is 10.5. The number of amides is 1. The van der Waals surface area contributed by atoms with Gasteiger partial charge in [0, 0.05) is 25.1 Å². The number of methoxy groups -OCH3 is 2. The molecule has 0 unspecified atom stereocenters. The molecule has 2 heterocycles. The van der Waals surface area contributed by atoms with Crippen LogP contribution in [-0.4, -0.2) is 43.1 Å². The number of ether oxygens (including phenoxy) is 2. The Morgan fingerprint density at radius 2 is 2.00 bits per heavy atom. The maximum atomic E-state index is 12.8. The number of nitrogens with zero attached hydrogens (tertiary/aromatic N) is 2. The molecule has 0 radical (unpaired) electrons. The summed E-state index contributed by atoms with van der Waals surface area (Å²) in [5.41, 5.74) is 1.94. The molecule has 0 spiro atoms. The minimum Gasteiger partial charge on any atom is -0.493 e. The second-order valence-electron chi connectivity index (χ2n) is 7.09. The fourth-order valence-corrected chi connectivity index (χ4v) is 4.77. The fraction of sp³-hybridized carbons (Fsp3) is 0.304. The number of benzene rings is 2. The molecule has 0 bridgehead atoms. The normalized spacial score (nSPS) is 17.0. The highest BCUT2D eigenvalue weighted by Gasteiger charge is 2.26. The first-order chi connectivity index (χ1) is 14.2. The van der Waals surface area contributed by atoms with Gasteiger partial charge in [-0.25, -0.2) is 4.98 Å². The summed E-state index contributed by atoms with van der Waals surface area (Å²) in [5.74, 6) is 1.66. The van der Waals surface area contributed by atoms with Gasteiger partial charge in [-0.05, 0) is 48.7 Å². The van der Waals surface area contributed by atoms with Crippen molar-refractivity contribution < 1.29 is 14.3 Å². The summed E-state index contributed by atoms with van der Waals surface area (Å²) in [6.07, 6.45) is 5.53. The van der Waals surface area contributed by atoms with E-state index in [1.54, 1.807) is 31.6 Å². The van der Waals surface area contributed by atoms with Crippen LogP contribution < -0.4 is 9.47 Å². The zero-order chi connectivity index (χ0) is 20.2. The summed E-state index contributed by atoms with van der Waals surface area (Å²) in [7, 11) is 3.21. The molecule has 0 N–H and O–H groups in total. The molecular weight excluding hydrogens is 384 g/mol. The number of para-hydroxylation sites is 1. The van der Waals surface area contributed by atoms with Crippen LogP contribution in [0.25, 0.3) is 16.3 Å². The Labute approximate surface area is 174 Å².